The van der Waals surface area contributed by atoms with E-state index in [1.807, 2.05) is 42.5 Å². The van der Waals surface area contributed by atoms with Crippen molar-refractivity contribution in [3.05, 3.63) is 73.1 Å². The second-order valence-electron chi connectivity index (χ2n) is 7.19. The molecule has 0 aliphatic rings. The number of alkyl halides is 3. The minimum Gasteiger partial charge on any atom is -0.496 e. The minimum absolute atomic E-state index is 0.405. The van der Waals surface area contributed by atoms with Crippen molar-refractivity contribution in [3.8, 4) is 28.1 Å². The number of benzene rings is 1. The molecule has 11 heteroatoms. The average molecular weight is 484 g/mol. The Balaban J connectivity index is 0.000000364. The van der Waals surface area contributed by atoms with Gasteiger partial charge in [-0.15, -0.1) is 0 Å². The molecular weight excluding hydrogens is 468 g/mol. The van der Waals surface area contributed by atoms with Crippen molar-refractivity contribution in [2.45, 2.75) is 6.18 Å². The Morgan fingerprint density at radius 2 is 1.80 bits per heavy atom. The highest BCUT2D eigenvalue weighted by molar-refractivity contribution is 6.14. The number of carboxylic acid groups (broad SMARTS) is 1. The summed E-state index contributed by atoms with van der Waals surface area (Å²) in [4.78, 5) is 25.1. The maximum Gasteiger partial charge on any atom is 0.490 e. The van der Waals surface area contributed by atoms with Gasteiger partial charge in [0.2, 0.25) is 0 Å². The molecule has 0 saturated heterocycles. The average Bonchev–Trinajstić information content (AvgIpc) is 3.22. The summed E-state index contributed by atoms with van der Waals surface area (Å²) in [6, 6.07) is 13.1. The van der Waals surface area contributed by atoms with E-state index in [0.29, 0.717) is 27.9 Å². The van der Waals surface area contributed by atoms with Crippen LogP contribution in [-0.2, 0) is 4.79 Å². The van der Waals surface area contributed by atoms with E-state index in [1.54, 1.807) is 25.7 Å². The quantitative estimate of drug-likeness (QED) is 0.323. The zero-order valence-corrected chi connectivity index (χ0v) is 18.0. The van der Waals surface area contributed by atoms with Crippen molar-refractivity contribution in [1.82, 2.24) is 19.9 Å². The van der Waals surface area contributed by atoms with Crippen LogP contribution >= 0.6 is 0 Å². The number of ether oxygens (including phenoxy) is 1. The number of halogens is 4. The molecule has 0 spiro atoms. The van der Waals surface area contributed by atoms with Crippen molar-refractivity contribution in [2.75, 3.05) is 7.11 Å². The van der Waals surface area contributed by atoms with Gasteiger partial charge in [-0.3, -0.25) is 9.97 Å². The lowest BCUT2D eigenvalue weighted by Crippen LogP contribution is -2.21. The Hall–Kier alpha value is -4.54. The molecule has 0 saturated carbocycles. The van der Waals surface area contributed by atoms with Gasteiger partial charge in [0.15, 0.2) is 0 Å². The van der Waals surface area contributed by atoms with Crippen molar-refractivity contribution in [1.29, 1.82) is 0 Å². The molecule has 0 amide bonds. The first-order chi connectivity index (χ1) is 16.7. The number of hydrogen-bond donors (Lipinski definition) is 2. The van der Waals surface area contributed by atoms with E-state index in [2.05, 4.69) is 19.9 Å². The molecule has 2 N–H and O–H groups in total. The highest BCUT2D eigenvalue weighted by Gasteiger charge is 2.38. The topological polar surface area (TPSA) is 101 Å². The Morgan fingerprint density at radius 1 is 1.06 bits per heavy atom. The highest BCUT2D eigenvalue weighted by atomic mass is 19.4. The van der Waals surface area contributed by atoms with Crippen LogP contribution in [0.1, 0.15) is 0 Å². The molecule has 5 aromatic rings. The molecule has 4 aromatic heterocycles. The molecule has 0 bridgehead atoms. The second kappa shape index (κ2) is 9.37. The molecule has 5 rings (SSSR count). The van der Waals surface area contributed by atoms with E-state index in [9.17, 15) is 17.6 Å². The summed E-state index contributed by atoms with van der Waals surface area (Å²) in [6.07, 6.45) is 1.36. The summed E-state index contributed by atoms with van der Waals surface area (Å²) >= 11 is 0. The van der Waals surface area contributed by atoms with Crippen molar-refractivity contribution in [2.24, 2.45) is 0 Å². The van der Waals surface area contributed by atoms with Gasteiger partial charge < -0.3 is 14.8 Å². The Kier molecular flexibility index (Phi) is 6.32. The van der Waals surface area contributed by atoms with Crippen LogP contribution in [0.3, 0.4) is 0 Å². The van der Waals surface area contributed by atoms with Crippen LogP contribution in [0.15, 0.2) is 67.3 Å². The van der Waals surface area contributed by atoms with Gasteiger partial charge in [-0.25, -0.2) is 14.2 Å². The number of fused-ring (bicyclic) bond motifs is 3. The highest BCUT2D eigenvalue weighted by Crippen LogP contribution is 2.40. The van der Waals surface area contributed by atoms with Gasteiger partial charge in [-0.05, 0) is 24.3 Å². The van der Waals surface area contributed by atoms with Crippen molar-refractivity contribution < 1.29 is 32.2 Å². The zero-order valence-electron chi connectivity index (χ0n) is 18.0. The van der Waals surface area contributed by atoms with Crippen LogP contribution in [0.25, 0.3) is 44.3 Å². The predicted molar refractivity (Wildman–Crippen MR) is 120 cm³/mol. The van der Waals surface area contributed by atoms with E-state index in [-0.39, 0.29) is 0 Å². The lowest BCUT2D eigenvalue weighted by atomic mass is 9.99. The fourth-order valence-corrected chi connectivity index (χ4v) is 3.52. The van der Waals surface area contributed by atoms with Gasteiger partial charge in [-0.2, -0.15) is 13.2 Å². The van der Waals surface area contributed by atoms with E-state index in [0.717, 1.165) is 22.2 Å². The minimum atomic E-state index is -5.08. The number of H-pyrrole nitrogens is 1. The van der Waals surface area contributed by atoms with Crippen LogP contribution in [-0.4, -0.2) is 44.3 Å². The van der Waals surface area contributed by atoms with Crippen molar-refractivity contribution in [3.63, 3.8) is 0 Å². The van der Waals surface area contributed by atoms with Gasteiger partial charge in [-0.1, -0.05) is 18.2 Å². The first-order valence-corrected chi connectivity index (χ1v) is 10.0. The Bertz CT molecular complexity index is 1520. The van der Waals surface area contributed by atoms with E-state index in [4.69, 9.17) is 14.6 Å². The zero-order chi connectivity index (χ0) is 25.2. The summed E-state index contributed by atoms with van der Waals surface area (Å²) in [6.45, 7) is 0. The number of pyridine rings is 3. The third kappa shape index (κ3) is 4.74. The first kappa shape index (κ1) is 23.6. The number of carboxylic acids is 1. The number of rotatable bonds is 3. The SMILES string of the molecule is COc1ccccc1-c1c(F)cnc2[nH]c3cnc(-c4cccnc4)cc3c12.O=C(O)C(F)(F)F. The normalized spacial score (nSPS) is 11.2. The largest absolute Gasteiger partial charge is 0.496 e. The van der Waals surface area contributed by atoms with Gasteiger partial charge >= 0.3 is 12.1 Å². The monoisotopic (exact) mass is 484 g/mol. The number of nitrogens with zero attached hydrogens (tertiary/aromatic N) is 3. The number of hydrogen-bond acceptors (Lipinski definition) is 5. The molecule has 0 unspecified atom stereocenters. The Labute approximate surface area is 195 Å². The molecule has 4 heterocycles. The summed E-state index contributed by atoms with van der Waals surface area (Å²) < 4.78 is 52.2. The van der Waals surface area contributed by atoms with Gasteiger partial charge in [0.1, 0.15) is 17.2 Å². The summed E-state index contributed by atoms with van der Waals surface area (Å²) in [5, 5.41) is 8.67. The second-order valence-corrected chi connectivity index (χ2v) is 7.19. The fourth-order valence-electron chi connectivity index (χ4n) is 3.52. The number of methoxy groups -OCH3 is 1. The van der Waals surface area contributed by atoms with Gasteiger partial charge in [0.05, 0.1) is 30.7 Å². The number of aliphatic carboxylic acids is 1. The predicted octanol–water partition coefficient (Wildman–Crippen LogP) is 5.62. The standard InChI is InChI=1S/C22H15FN4O.C2HF3O2/c1-28-19-7-3-2-6-14(19)20-16(23)11-26-22-21(20)15-9-17(25-12-18(15)27-22)13-5-4-8-24-10-13;3-2(4,5)1(6)7/h2-12H,1H3,(H,26,27);(H,6,7). The lowest BCUT2D eigenvalue weighted by molar-refractivity contribution is -0.192. The van der Waals surface area contributed by atoms with E-state index in [1.165, 1.54) is 6.20 Å². The number of para-hydroxylation sites is 1. The summed E-state index contributed by atoms with van der Waals surface area (Å²) in [7, 11) is 1.58. The number of carbonyl (C=O) groups is 1. The molecule has 7 nitrogen and oxygen atoms in total. The van der Waals surface area contributed by atoms with E-state index < -0.39 is 18.0 Å². The fraction of sp³-hybridized carbons (Fsp3) is 0.0833. The third-order valence-electron chi connectivity index (χ3n) is 5.04. The molecule has 0 radical (unpaired) electrons. The van der Waals surface area contributed by atoms with Crippen LogP contribution in [0, 0.1) is 5.82 Å². The van der Waals surface area contributed by atoms with Crippen LogP contribution in [0.2, 0.25) is 0 Å². The number of aromatic amines is 1. The number of aromatic nitrogens is 4. The smallest absolute Gasteiger partial charge is 0.490 e. The van der Waals surface area contributed by atoms with E-state index >= 15 is 0 Å². The first-order valence-electron chi connectivity index (χ1n) is 10.0. The molecular formula is C24H16F4N4O3. The summed E-state index contributed by atoms with van der Waals surface area (Å²) in [5.74, 6) is -2.56. The molecule has 35 heavy (non-hydrogen) atoms. The lowest BCUT2D eigenvalue weighted by Gasteiger charge is -2.10. The van der Waals surface area contributed by atoms with Gasteiger partial charge in [0.25, 0.3) is 0 Å². The molecule has 0 aliphatic carbocycles. The maximum atomic E-state index is 15.0. The maximum absolute atomic E-state index is 15.0. The molecule has 178 valence electrons. The molecule has 0 aliphatic heterocycles. The van der Waals surface area contributed by atoms with Crippen molar-refractivity contribution >= 4 is 27.9 Å². The summed E-state index contributed by atoms with van der Waals surface area (Å²) in [5.41, 5.74) is 4.17. The van der Waals surface area contributed by atoms with Crippen LogP contribution < -0.4 is 4.74 Å². The molecule has 1 aromatic carbocycles. The van der Waals surface area contributed by atoms with Gasteiger partial charge in [0, 0.05) is 39.9 Å². The van der Waals surface area contributed by atoms with Crippen LogP contribution in [0.5, 0.6) is 5.75 Å². The Morgan fingerprint density at radius 3 is 2.46 bits per heavy atom. The molecule has 0 atom stereocenters. The number of nitrogens with one attached hydrogen (secondary N) is 1. The third-order valence-corrected chi connectivity index (χ3v) is 5.04. The molecule has 0 fully saturated rings. The van der Waals surface area contributed by atoms with Crippen LogP contribution in [0.4, 0.5) is 17.6 Å².